The summed E-state index contributed by atoms with van der Waals surface area (Å²) in [7, 11) is 1.67. The maximum Gasteiger partial charge on any atom is 0.133 e. The van der Waals surface area contributed by atoms with E-state index in [0.717, 1.165) is 16.6 Å². The molecule has 0 saturated carbocycles. The Morgan fingerprint density at radius 1 is 1.19 bits per heavy atom. The smallest absolute Gasteiger partial charge is 0.133 e. The second-order valence-electron chi connectivity index (χ2n) is 4.48. The summed E-state index contributed by atoms with van der Waals surface area (Å²) >= 11 is 3.42. The van der Waals surface area contributed by atoms with E-state index in [9.17, 15) is 4.39 Å². The third-order valence-corrected chi connectivity index (χ3v) is 3.34. The van der Waals surface area contributed by atoms with Crippen LogP contribution in [-0.2, 0) is 11.3 Å². The average molecular weight is 354 g/mol. The first kappa shape index (κ1) is 15.9. The Balaban J connectivity index is 2.11. The molecule has 0 aliphatic rings. The van der Waals surface area contributed by atoms with Gasteiger partial charge in [0, 0.05) is 36.3 Å². The molecule has 2 aromatic rings. The fourth-order valence-electron chi connectivity index (χ4n) is 1.82. The predicted octanol–water partition coefficient (Wildman–Crippen LogP) is 4.12. The van der Waals surface area contributed by atoms with Gasteiger partial charge >= 0.3 is 0 Å². The van der Waals surface area contributed by atoms with Crippen molar-refractivity contribution in [1.29, 1.82) is 0 Å². The van der Waals surface area contributed by atoms with Gasteiger partial charge in [-0.2, -0.15) is 0 Å². The normalized spacial score (nSPS) is 10.6. The highest BCUT2D eigenvalue weighted by molar-refractivity contribution is 9.10. The van der Waals surface area contributed by atoms with Gasteiger partial charge in [-0.1, -0.05) is 28.1 Å². The van der Waals surface area contributed by atoms with Crippen LogP contribution in [0.25, 0.3) is 0 Å². The van der Waals surface area contributed by atoms with E-state index in [1.54, 1.807) is 19.2 Å². The van der Waals surface area contributed by atoms with Gasteiger partial charge in [-0.05, 0) is 24.3 Å². The zero-order chi connectivity index (χ0) is 15.1. The standard InChI is InChI=1S/C16H17BrFNO2/c1-20-8-7-19-11-12-5-6-13(17)9-16(12)21-15-4-2-3-14(18)10-15/h2-6,9-10,19H,7-8,11H2,1H3. The summed E-state index contributed by atoms with van der Waals surface area (Å²) in [5.74, 6) is 0.855. The highest BCUT2D eigenvalue weighted by Gasteiger charge is 2.06. The summed E-state index contributed by atoms with van der Waals surface area (Å²) < 4.78 is 24.9. The van der Waals surface area contributed by atoms with Gasteiger partial charge in [0.1, 0.15) is 17.3 Å². The van der Waals surface area contributed by atoms with E-state index in [-0.39, 0.29) is 5.82 Å². The molecule has 0 unspecified atom stereocenters. The number of ether oxygens (including phenoxy) is 2. The lowest BCUT2D eigenvalue weighted by Crippen LogP contribution is -2.18. The van der Waals surface area contributed by atoms with Crippen molar-refractivity contribution in [2.75, 3.05) is 20.3 Å². The van der Waals surface area contributed by atoms with Crippen LogP contribution in [0.4, 0.5) is 4.39 Å². The van der Waals surface area contributed by atoms with Crippen molar-refractivity contribution in [3.05, 3.63) is 58.3 Å². The monoisotopic (exact) mass is 353 g/mol. The first-order valence-corrected chi connectivity index (χ1v) is 7.40. The van der Waals surface area contributed by atoms with Crippen LogP contribution in [0.3, 0.4) is 0 Å². The highest BCUT2D eigenvalue weighted by Crippen LogP contribution is 2.29. The molecule has 0 fully saturated rings. The Morgan fingerprint density at radius 2 is 2.05 bits per heavy atom. The lowest BCUT2D eigenvalue weighted by Gasteiger charge is -2.12. The Morgan fingerprint density at radius 3 is 2.81 bits per heavy atom. The van der Waals surface area contributed by atoms with Crippen molar-refractivity contribution >= 4 is 15.9 Å². The first-order chi connectivity index (χ1) is 10.2. The third kappa shape index (κ3) is 5.12. The van der Waals surface area contributed by atoms with Crippen molar-refractivity contribution in [2.45, 2.75) is 6.54 Å². The summed E-state index contributed by atoms with van der Waals surface area (Å²) in [5, 5.41) is 3.27. The van der Waals surface area contributed by atoms with E-state index < -0.39 is 0 Å². The van der Waals surface area contributed by atoms with Crippen LogP contribution in [-0.4, -0.2) is 20.3 Å². The first-order valence-electron chi connectivity index (χ1n) is 6.60. The van der Waals surface area contributed by atoms with Gasteiger partial charge in [0.05, 0.1) is 6.61 Å². The number of rotatable bonds is 7. The topological polar surface area (TPSA) is 30.5 Å². The second kappa shape index (κ2) is 8.12. The minimum absolute atomic E-state index is 0.317. The van der Waals surface area contributed by atoms with Crippen LogP contribution in [0, 0.1) is 5.82 Å². The van der Waals surface area contributed by atoms with Crippen molar-refractivity contribution in [2.24, 2.45) is 0 Å². The quantitative estimate of drug-likeness (QED) is 0.759. The lowest BCUT2D eigenvalue weighted by atomic mass is 10.2. The molecule has 0 aliphatic carbocycles. The number of nitrogens with one attached hydrogen (secondary N) is 1. The molecule has 1 N–H and O–H groups in total. The number of benzene rings is 2. The van der Waals surface area contributed by atoms with Crippen LogP contribution < -0.4 is 10.1 Å². The number of halogens is 2. The zero-order valence-corrected chi connectivity index (χ0v) is 13.3. The molecule has 0 atom stereocenters. The summed E-state index contributed by atoms with van der Waals surface area (Å²) in [5.41, 5.74) is 0.999. The molecule has 5 heteroatoms. The van der Waals surface area contributed by atoms with Crippen LogP contribution >= 0.6 is 15.9 Å². The van der Waals surface area contributed by atoms with E-state index in [0.29, 0.717) is 24.7 Å². The maximum atomic E-state index is 13.2. The van der Waals surface area contributed by atoms with Crippen molar-refractivity contribution in [1.82, 2.24) is 5.32 Å². The Kier molecular flexibility index (Phi) is 6.17. The minimum atomic E-state index is -0.317. The number of hydrogen-bond acceptors (Lipinski definition) is 3. The molecule has 3 nitrogen and oxygen atoms in total. The fourth-order valence-corrected chi connectivity index (χ4v) is 2.16. The summed E-state index contributed by atoms with van der Waals surface area (Å²) in [6.45, 7) is 2.06. The molecule has 2 rings (SSSR count). The molecule has 0 saturated heterocycles. The van der Waals surface area contributed by atoms with Crippen LogP contribution in [0.5, 0.6) is 11.5 Å². The number of hydrogen-bond donors (Lipinski definition) is 1. The summed E-state index contributed by atoms with van der Waals surface area (Å²) in [6, 6.07) is 11.9. The van der Waals surface area contributed by atoms with Gasteiger partial charge in [0.15, 0.2) is 0 Å². The molecule has 0 aliphatic heterocycles. The second-order valence-corrected chi connectivity index (χ2v) is 5.40. The average Bonchev–Trinajstić information content (AvgIpc) is 2.45. The van der Waals surface area contributed by atoms with Crippen LogP contribution in [0.1, 0.15) is 5.56 Å². The fraction of sp³-hybridized carbons (Fsp3) is 0.250. The summed E-state index contributed by atoms with van der Waals surface area (Å²) in [4.78, 5) is 0. The molecule has 0 bridgehead atoms. The van der Waals surface area contributed by atoms with Gasteiger partial charge in [0.25, 0.3) is 0 Å². The maximum absolute atomic E-state index is 13.2. The summed E-state index contributed by atoms with van der Waals surface area (Å²) in [6.07, 6.45) is 0. The molecule has 0 aromatic heterocycles. The molecular weight excluding hydrogens is 337 g/mol. The largest absolute Gasteiger partial charge is 0.457 e. The molecule has 0 amide bonds. The Hall–Kier alpha value is -1.43. The molecule has 112 valence electrons. The lowest BCUT2D eigenvalue weighted by molar-refractivity contribution is 0.199. The molecular formula is C16H17BrFNO2. The van der Waals surface area contributed by atoms with E-state index in [1.807, 2.05) is 18.2 Å². The van der Waals surface area contributed by atoms with Gasteiger partial charge in [-0.25, -0.2) is 4.39 Å². The predicted molar refractivity (Wildman–Crippen MR) is 84.2 cm³/mol. The zero-order valence-electron chi connectivity index (χ0n) is 11.7. The SMILES string of the molecule is COCCNCc1ccc(Br)cc1Oc1cccc(F)c1. The van der Waals surface area contributed by atoms with E-state index in [2.05, 4.69) is 21.2 Å². The van der Waals surface area contributed by atoms with Crippen molar-refractivity contribution in [3.8, 4) is 11.5 Å². The highest BCUT2D eigenvalue weighted by atomic mass is 79.9. The molecule has 2 aromatic carbocycles. The van der Waals surface area contributed by atoms with Gasteiger partial charge in [-0.3, -0.25) is 0 Å². The van der Waals surface area contributed by atoms with E-state index >= 15 is 0 Å². The molecule has 21 heavy (non-hydrogen) atoms. The Bertz CT molecular complexity index is 592. The third-order valence-electron chi connectivity index (χ3n) is 2.85. The molecule has 0 radical (unpaired) electrons. The van der Waals surface area contributed by atoms with E-state index in [1.165, 1.54) is 12.1 Å². The van der Waals surface area contributed by atoms with E-state index in [4.69, 9.17) is 9.47 Å². The number of methoxy groups -OCH3 is 1. The van der Waals surface area contributed by atoms with Crippen LogP contribution in [0.15, 0.2) is 46.9 Å². The molecule has 0 spiro atoms. The Labute approximate surface area is 132 Å². The minimum Gasteiger partial charge on any atom is -0.457 e. The van der Waals surface area contributed by atoms with Gasteiger partial charge in [0.2, 0.25) is 0 Å². The van der Waals surface area contributed by atoms with Crippen LogP contribution in [0.2, 0.25) is 0 Å². The van der Waals surface area contributed by atoms with Crippen molar-refractivity contribution in [3.63, 3.8) is 0 Å². The van der Waals surface area contributed by atoms with Gasteiger partial charge in [-0.15, -0.1) is 0 Å². The van der Waals surface area contributed by atoms with Gasteiger partial charge < -0.3 is 14.8 Å². The molecule has 0 heterocycles. The van der Waals surface area contributed by atoms with Crippen molar-refractivity contribution < 1.29 is 13.9 Å².